The van der Waals surface area contributed by atoms with E-state index in [2.05, 4.69) is 13.8 Å². The fraction of sp³-hybridized carbons (Fsp3) is 0.316. The zero-order chi connectivity index (χ0) is 17.9. The SMILES string of the molecule is CC1(C)COB(c2cc(Cl)ccc2C(=O)OCc2ccccc2)OC1. The Morgan fingerprint density at radius 2 is 1.84 bits per heavy atom. The first-order valence-corrected chi connectivity index (χ1v) is 8.56. The third kappa shape index (κ3) is 4.63. The molecule has 0 atom stereocenters. The molecule has 1 heterocycles. The van der Waals surface area contributed by atoms with Gasteiger partial charge in [-0.25, -0.2) is 4.79 Å². The summed E-state index contributed by atoms with van der Waals surface area (Å²) in [5.74, 6) is -0.424. The third-order valence-electron chi connectivity index (χ3n) is 3.95. The fourth-order valence-corrected chi connectivity index (χ4v) is 2.77. The van der Waals surface area contributed by atoms with E-state index in [9.17, 15) is 4.79 Å². The molecule has 4 nitrogen and oxygen atoms in total. The lowest BCUT2D eigenvalue weighted by Crippen LogP contribution is -2.49. The van der Waals surface area contributed by atoms with Crippen LogP contribution in [0.2, 0.25) is 5.02 Å². The summed E-state index contributed by atoms with van der Waals surface area (Å²) in [7, 11) is -0.619. The Hall–Kier alpha value is -1.82. The van der Waals surface area contributed by atoms with Crippen LogP contribution < -0.4 is 5.46 Å². The quantitative estimate of drug-likeness (QED) is 0.620. The number of benzene rings is 2. The van der Waals surface area contributed by atoms with Gasteiger partial charge in [-0.2, -0.15) is 0 Å². The van der Waals surface area contributed by atoms with E-state index in [0.717, 1.165) is 5.56 Å². The van der Waals surface area contributed by atoms with E-state index in [4.69, 9.17) is 25.6 Å². The van der Waals surface area contributed by atoms with E-state index in [0.29, 0.717) is 29.3 Å². The smallest absolute Gasteiger partial charge is 0.457 e. The Labute approximate surface area is 153 Å². The van der Waals surface area contributed by atoms with Crippen LogP contribution in [0.5, 0.6) is 0 Å². The van der Waals surface area contributed by atoms with E-state index in [1.807, 2.05) is 30.3 Å². The van der Waals surface area contributed by atoms with Crippen LogP contribution in [0.3, 0.4) is 0 Å². The highest BCUT2D eigenvalue weighted by Gasteiger charge is 2.36. The number of hydrogen-bond acceptors (Lipinski definition) is 4. The molecule has 2 aromatic carbocycles. The number of carbonyl (C=O) groups is 1. The summed E-state index contributed by atoms with van der Waals surface area (Å²) < 4.78 is 17.0. The third-order valence-corrected chi connectivity index (χ3v) is 4.19. The molecule has 0 N–H and O–H groups in total. The highest BCUT2D eigenvalue weighted by Crippen LogP contribution is 2.22. The van der Waals surface area contributed by atoms with Crippen molar-refractivity contribution in [3.63, 3.8) is 0 Å². The number of halogens is 1. The second kappa shape index (κ2) is 7.60. The van der Waals surface area contributed by atoms with Gasteiger partial charge in [0, 0.05) is 23.7 Å². The standard InChI is InChI=1S/C19H20BClO4/c1-19(2)12-24-20(25-13-19)17-10-15(21)8-9-16(17)18(22)23-11-14-6-4-3-5-7-14/h3-10H,11-13H2,1-2H3. The topological polar surface area (TPSA) is 44.8 Å². The average molecular weight is 359 g/mol. The van der Waals surface area contributed by atoms with Gasteiger partial charge < -0.3 is 14.0 Å². The van der Waals surface area contributed by atoms with E-state index >= 15 is 0 Å². The summed E-state index contributed by atoms with van der Waals surface area (Å²) in [6, 6.07) is 14.6. The zero-order valence-electron chi connectivity index (χ0n) is 14.3. The van der Waals surface area contributed by atoms with Crippen LogP contribution in [0.15, 0.2) is 48.5 Å². The van der Waals surface area contributed by atoms with Crippen molar-refractivity contribution in [1.82, 2.24) is 0 Å². The molecule has 0 bridgehead atoms. The van der Waals surface area contributed by atoms with E-state index in [-0.39, 0.29) is 12.0 Å². The van der Waals surface area contributed by atoms with Gasteiger partial charge in [0.2, 0.25) is 0 Å². The molecule has 0 amide bonds. The average Bonchev–Trinajstić information content (AvgIpc) is 2.60. The van der Waals surface area contributed by atoms with Crippen LogP contribution in [0.25, 0.3) is 0 Å². The summed E-state index contributed by atoms with van der Waals surface area (Å²) in [6.07, 6.45) is 0. The van der Waals surface area contributed by atoms with Gasteiger partial charge in [-0.05, 0) is 29.2 Å². The first-order valence-electron chi connectivity index (χ1n) is 8.18. The minimum Gasteiger partial charge on any atom is -0.457 e. The normalized spacial score (nSPS) is 16.5. The highest BCUT2D eigenvalue weighted by atomic mass is 35.5. The molecule has 1 fully saturated rings. The molecule has 0 unspecified atom stereocenters. The first kappa shape index (κ1) is 18.0. The molecule has 0 aliphatic carbocycles. The van der Waals surface area contributed by atoms with Gasteiger partial charge in [0.05, 0.1) is 5.56 Å². The zero-order valence-corrected chi connectivity index (χ0v) is 15.1. The van der Waals surface area contributed by atoms with Crippen molar-refractivity contribution in [2.24, 2.45) is 5.41 Å². The van der Waals surface area contributed by atoms with E-state index in [1.54, 1.807) is 18.2 Å². The number of hydrogen-bond donors (Lipinski definition) is 0. The van der Waals surface area contributed by atoms with Gasteiger partial charge in [-0.1, -0.05) is 55.8 Å². The molecule has 0 saturated carbocycles. The van der Waals surface area contributed by atoms with Gasteiger partial charge in [-0.3, -0.25) is 0 Å². The molecular weight excluding hydrogens is 338 g/mol. The molecule has 0 radical (unpaired) electrons. The molecule has 3 rings (SSSR count). The van der Waals surface area contributed by atoms with Gasteiger partial charge >= 0.3 is 13.1 Å². The molecule has 1 aliphatic heterocycles. The minimum atomic E-state index is -0.619. The minimum absolute atomic E-state index is 0.0525. The molecule has 0 spiro atoms. The summed E-state index contributed by atoms with van der Waals surface area (Å²) in [4.78, 5) is 12.5. The van der Waals surface area contributed by atoms with Gasteiger partial charge in [0.25, 0.3) is 0 Å². The predicted octanol–water partition coefficient (Wildman–Crippen LogP) is 3.47. The van der Waals surface area contributed by atoms with Crippen LogP contribution in [0.1, 0.15) is 29.8 Å². The maximum atomic E-state index is 12.5. The highest BCUT2D eigenvalue weighted by molar-refractivity contribution is 6.63. The van der Waals surface area contributed by atoms with Gasteiger partial charge in [0.1, 0.15) is 6.61 Å². The van der Waals surface area contributed by atoms with Crippen molar-refractivity contribution in [2.75, 3.05) is 13.2 Å². The van der Waals surface area contributed by atoms with Gasteiger partial charge in [0.15, 0.2) is 0 Å². The van der Waals surface area contributed by atoms with Crippen LogP contribution in [0.4, 0.5) is 0 Å². The molecule has 0 aromatic heterocycles. The number of carbonyl (C=O) groups excluding carboxylic acids is 1. The molecule has 6 heteroatoms. The number of esters is 1. The molecule has 130 valence electrons. The Morgan fingerprint density at radius 3 is 2.52 bits per heavy atom. The molecule has 1 saturated heterocycles. The van der Waals surface area contributed by atoms with Crippen LogP contribution in [-0.4, -0.2) is 26.3 Å². The first-order chi connectivity index (χ1) is 11.9. The maximum absolute atomic E-state index is 12.5. The second-order valence-corrected chi connectivity index (χ2v) is 7.35. The van der Waals surface area contributed by atoms with Crippen molar-refractivity contribution in [2.45, 2.75) is 20.5 Å². The van der Waals surface area contributed by atoms with E-state index < -0.39 is 13.1 Å². The lowest BCUT2D eigenvalue weighted by Gasteiger charge is -2.33. The van der Waals surface area contributed by atoms with Crippen LogP contribution >= 0.6 is 11.6 Å². The van der Waals surface area contributed by atoms with Crippen LogP contribution in [0, 0.1) is 5.41 Å². The number of rotatable bonds is 4. The largest absolute Gasteiger partial charge is 0.494 e. The molecule has 2 aromatic rings. The van der Waals surface area contributed by atoms with E-state index in [1.165, 1.54) is 0 Å². The Morgan fingerprint density at radius 1 is 1.16 bits per heavy atom. The Balaban J connectivity index is 1.76. The summed E-state index contributed by atoms with van der Waals surface area (Å²) in [6.45, 7) is 5.43. The lowest BCUT2D eigenvalue weighted by atomic mass is 9.73. The Kier molecular flexibility index (Phi) is 5.47. The predicted molar refractivity (Wildman–Crippen MR) is 98.1 cm³/mol. The van der Waals surface area contributed by atoms with Crippen molar-refractivity contribution in [1.29, 1.82) is 0 Å². The van der Waals surface area contributed by atoms with Crippen molar-refractivity contribution >= 4 is 30.2 Å². The summed E-state index contributed by atoms with van der Waals surface area (Å²) in [5, 5.41) is 0.520. The monoisotopic (exact) mass is 358 g/mol. The Bertz CT molecular complexity index is 738. The van der Waals surface area contributed by atoms with Gasteiger partial charge in [-0.15, -0.1) is 0 Å². The number of ether oxygens (including phenoxy) is 1. The lowest BCUT2D eigenvalue weighted by molar-refractivity contribution is 0.0336. The van der Waals surface area contributed by atoms with Crippen molar-refractivity contribution in [3.05, 3.63) is 64.7 Å². The second-order valence-electron chi connectivity index (χ2n) is 6.91. The fourth-order valence-electron chi connectivity index (χ4n) is 2.59. The van der Waals surface area contributed by atoms with Crippen molar-refractivity contribution < 1.29 is 18.8 Å². The molecular formula is C19H20BClO4. The maximum Gasteiger partial charge on any atom is 0.494 e. The molecule has 1 aliphatic rings. The van der Waals surface area contributed by atoms with Crippen molar-refractivity contribution in [3.8, 4) is 0 Å². The summed E-state index contributed by atoms with van der Waals surface area (Å²) >= 11 is 6.11. The summed E-state index contributed by atoms with van der Waals surface area (Å²) in [5.41, 5.74) is 1.88. The van der Waals surface area contributed by atoms with Crippen LogP contribution in [-0.2, 0) is 20.7 Å². The molecule has 25 heavy (non-hydrogen) atoms.